The molecular weight excluding hydrogens is 339 g/mol. The van der Waals surface area contributed by atoms with Crippen LogP contribution in [0.25, 0.3) is 0 Å². The van der Waals surface area contributed by atoms with Crippen LogP contribution in [-0.2, 0) is 22.3 Å². The predicted molar refractivity (Wildman–Crippen MR) is 83.0 cm³/mol. The van der Waals surface area contributed by atoms with Gasteiger partial charge in [0.1, 0.15) is 6.54 Å². The number of carbonyl (C=O) groups is 2. The molecule has 0 fully saturated rings. The summed E-state index contributed by atoms with van der Waals surface area (Å²) in [4.78, 5) is 22.6. The largest absolute Gasteiger partial charge is 0.480 e. The number of anilines is 1. The van der Waals surface area contributed by atoms with Crippen molar-refractivity contribution in [2.75, 3.05) is 5.32 Å². The van der Waals surface area contributed by atoms with Crippen LogP contribution in [0.5, 0.6) is 0 Å². The van der Waals surface area contributed by atoms with E-state index < -0.39 is 29.5 Å². The lowest BCUT2D eigenvalue weighted by Gasteiger charge is -2.17. The van der Waals surface area contributed by atoms with E-state index in [0.717, 1.165) is 10.7 Å². The number of carboxylic acid groups (broad SMARTS) is 1. The van der Waals surface area contributed by atoms with Crippen LogP contribution >= 0.6 is 0 Å². The third kappa shape index (κ3) is 5.07. The van der Waals surface area contributed by atoms with E-state index in [4.69, 9.17) is 5.11 Å². The number of nitrogens with one attached hydrogen (secondary N) is 1. The standard InChI is InChI=1S/C16H16F3N3O3/c1-10(11-4-2-3-5-12(11)16(17,18)19)8-14(23)20-13-6-7-22(21-13)9-15(24)25/h2-7,10H,8-9H2,1H3,(H,24,25)(H,20,21,23). The van der Waals surface area contributed by atoms with Crippen molar-refractivity contribution in [3.63, 3.8) is 0 Å². The maximum atomic E-state index is 13.0. The number of carbonyl (C=O) groups excluding carboxylic acids is 1. The van der Waals surface area contributed by atoms with Crippen LogP contribution in [0.3, 0.4) is 0 Å². The van der Waals surface area contributed by atoms with Gasteiger partial charge < -0.3 is 10.4 Å². The molecule has 2 rings (SSSR count). The number of nitrogens with zero attached hydrogens (tertiary/aromatic N) is 2. The minimum Gasteiger partial charge on any atom is -0.480 e. The first-order valence-electron chi connectivity index (χ1n) is 7.38. The van der Waals surface area contributed by atoms with Crippen molar-refractivity contribution in [1.82, 2.24) is 9.78 Å². The molecule has 25 heavy (non-hydrogen) atoms. The highest BCUT2D eigenvalue weighted by molar-refractivity contribution is 5.90. The first-order chi connectivity index (χ1) is 11.7. The summed E-state index contributed by atoms with van der Waals surface area (Å²) in [5.74, 6) is -2.11. The molecule has 0 saturated heterocycles. The van der Waals surface area contributed by atoms with Crippen molar-refractivity contribution in [2.24, 2.45) is 0 Å². The molecule has 0 saturated carbocycles. The second-order valence-electron chi connectivity index (χ2n) is 5.53. The maximum absolute atomic E-state index is 13.0. The Morgan fingerprint density at radius 1 is 1.28 bits per heavy atom. The summed E-state index contributed by atoms with van der Waals surface area (Å²) in [5, 5.41) is 15.0. The molecule has 1 amide bonds. The molecule has 1 unspecified atom stereocenters. The van der Waals surface area contributed by atoms with E-state index in [0.29, 0.717) is 0 Å². The molecule has 9 heteroatoms. The Bertz CT molecular complexity index is 771. The normalized spacial score (nSPS) is 12.6. The Morgan fingerprint density at radius 3 is 2.60 bits per heavy atom. The van der Waals surface area contributed by atoms with Crippen molar-refractivity contribution in [3.05, 3.63) is 47.7 Å². The molecule has 6 nitrogen and oxygen atoms in total. The second-order valence-corrected chi connectivity index (χ2v) is 5.53. The van der Waals surface area contributed by atoms with Crippen LogP contribution in [0, 0.1) is 0 Å². The van der Waals surface area contributed by atoms with Crippen LogP contribution in [0.1, 0.15) is 30.4 Å². The number of rotatable bonds is 6. The van der Waals surface area contributed by atoms with Gasteiger partial charge in [-0.3, -0.25) is 14.3 Å². The number of amides is 1. The van der Waals surface area contributed by atoms with E-state index in [1.807, 2.05) is 0 Å². The van der Waals surface area contributed by atoms with E-state index in [1.54, 1.807) is 0 Å². The highest BCUT2D eigenvalue weighted by Crippen LogP contribution is 2.36. The summed E-state index contributed by atoms with van der Waals surface area (Å²) in [5.41, 5.74) is -0.720. The predicted octanol–water partition coefficient (Wildman–Crippen LogP) is 3.12. The average molecular weight is 355 g/mol. The van der Waals surface area contributed by atoms with Crippen LogP contribution in [-0.4, -0.2) is 26.8 Å². The Labute approximate surface area is 141 Å². The average Bonchev–Trinajstić information content (AvgIpc) is 2.92. The van der Waals surface area contributed by atoms with Gasteiger partial charge in [-0.25, -0.2) is 0 Å². The van der Waals surface area contributed by atoms with Crippen LogP contribution in [0.15, 0.2) is 36.5 Å². The molecule has 0 aliphatic rings. The third-order valence-corrected chi connectivity index (χ3v) is 3.49. The molecule has 0 spiro atoms. The van der Waals surface area contributed by atoms with Gasteiger partial charge in [-0.15, -0.1) is 0 Å². The van der Waals surface area contributed by atoms with E-state index in [-0.39, 0.29) is 24.3 Å². The van der Waals surface area contributed by atoms with E-state index in [9.17, 15) is 22.8 Å². The fraction of sp³-hybridized carbons (Fsp3) is 0.312. The summed E-state index contributed by atoms with van der Waals surface area (Å²) in [6.07, 6.45) is -3.28. The zero-order chi connectivity index (χ0) is 18.6. The molecule has 1 aromatic carbocycles. The minimum absolute atomic E-state index is 0.0431. The van der Waals surface area contributed by atoms with Crippen molar-refractivity contribution >= 4 is 17.7 Å². The molecule has 0 aliphatic heterocycles. The fourth-order valence-corrected chi connectivity index (χ4v) is 2.42. The van der Waals surface area contributed by atoms with Crippen molar-refractivity contribution in [1.29, 1.82) is 0 Å². The molecule has 0 aliphatic carbocycles. The summed E-state index contributed by atoms with van der Waals surface area (Å²) in [6.45, 7) is 1.18. The van der Waals surface area contributed by atoms with Gasteiger partial charge in [0.05, 0.1) is 5.56 Å². The molecule has 0 radical (unpaired) electrons. The first kappa shape index (κ1) is 18.5. The molecule has 2 aromatic rings. The van der Waals surface area contributed by atoms with Gasteiger partial charge in [-0.05, 0) is 17.5 Å². The summed E-state index contributed by atoms with van der Waals surface area (Å²) >= 11 is 0. The summed E-state index contributed by atoms with van der Waals surface area (Å²) in [7, 11) is 0. The van der Waals surface area contributed by atoms with Gasteiger partial charge in [0.2, 0.25) is 5.91 Å². The highest BCUT2D eigenvalue weighted by Gasteiger charge is 2.34. The van der Waals surface area contributed by atoms with Gasteiger partial charge >= 0.3 is 12.1 Å². The van der Waals surface area contributed by atoms with Crippen LogP contribution in [0.4, 0.5) is 19.0 Å². The SMILES string of the molecule is CC(CC(=O)Nc1ccn(CC(=O)O)n1)c1ccccc1C(F)(F)F. The fourth-order valence-electron chi connectivity index (χ4n) is 2.42. The number of aromatic nitrogens is 2. The van der Waals surface area contributed by atoms with Gasteiger partial charge in [0, 0.05) is 18.7 Å². The lowest BCUT2D eigenvalue weighted by atomic mass is 9.92. The number of hydrogen-bond acceptors (Lipinski definition) is 3. The highest BCUT2D eigenvalue weighted by atomic mass is 19.4. The van der Waals surface area contributed by atoms with Gasteiger partial charge in [0.25, 0.3) is 0 Å². The Hall–Kier alpha value is -2.84. The van der Waals surface area contributed by atoms with Crippen molar-refractivity contribution in [3.8, 4) is 0 Å². The maximum Gasteiger partial charge on any atom is 0.416 e. The number of halogens is 3. The third-order valence-electron chi connectivity index (χ3n) is 3.49. The smallest absolute Gasteiger partial charge is 0.416 e. The molecule has 0 bridgehead atoms. The van der Waals surface area contributed by atoms with Crippen molar-refractivity contribution < 1.29 is 27.9 Å². The first-order valence-corrected chi connectivity index (χ1v) is 7.38. The molecule has 1 aromatic heterocycles. The van der Waals surface area contributed by atoms with E-state index in [1.165, 1.54) is 37.4 Å². The zero-order valence-corrected chi connectivity index (χ0v) is 13.2. The Kier molecular flexibility index (Phi) is 5.45. The Balaban J connectivity index is 2.03. The number of alkyl halides is 3. The van der Waals surface area contributed by atoms with Crippen LogP contribution in [0.2, 0.25) is 0 Å². The number of aliphatic carboxylic acids is 1. The molecule has 134 valence electrons. The van der Waals surface area contributed by atoms with Gasteiger partial charge in [-0.2, -0.15) is 18.3 Å². The number of hydrogen-bond donors (Lipinski definition) is 2. The lowest BCUT2D eigenvalue weighted by Crippen LogP contribution is -2.18. The Morgan fingerprint density at radius 2 is 1.96 bits per heavy atom. The van der Waals surface area contributed by atoms with Crippen LogP contribution < -0.4 is 5.32 Å². The minimum atomic E-state index is -4.49. The lowest BCUT2D eigenvalue weighted by molar-refractivity contribution is -0.139. The number of benzene rings is 1. The second kappa shape index (κ2) is 7.37. The molecular formula is C16H16F3N3O3. The summed E-state index contributed by atoms with van der Waals surface area (Å²) < 4.78 is 40.2. The molecule has 2 N–H and O–H groups in total. The zero-order valence-electron chi connectivity index (χ0n) is 13.2. The quantitative estimate of drug-likeness (QED) is 0.834. The monoisotopic (exact) mass is 355 g/mol. The van der Waals surface area contributed by atoms with E-state index >= 15 is 0 Å². The van der Waals surface area contributed by atoms with Crippen molar-refractivity contribution in [2.45, 2.75) is 32.0 Å². The molecule has 1 heterocycles. The number of carboxylic acids is 1. The van der Waals surface area contributed by atoms with Gasteiger partial charge in [-0.1, -0.05) is 25.1 Å². The van der Waals surface area contributed by atoms with Gasteiger partial charge in [0.15, 0.2) is 5.82 Å². The topological polar surface area (TPSA) is 84.2 Å². The van der Waals surface area contributed by atoms with E-state index in [2.05, 4.69) is 10.4 Å². The molecule has 1 atom stereocenters. The summed E-state index contributed by atoms with van der Waals surface area (Å²) in [6, 6.07) is 6.54.